The molecule has 1 N–H and O–H groups in total. The van der Waals surface area contributed by atoms with E-state index in [9.17, 15) is 19.5 Å². The number of amides is 3. The number of hydrogen-bond donors (Lipinski definition) is 1. The zero-order valence-corrected chi connectivity index (χ0v) is 25.7. The van der Waals surface area contributed by atoms with Crippen LogP contribution in [0.2, 0.25) is 0 Å². The quantitative estimate of drug-likeness (QED) is 0.345. The third kappa shape index (κ3) is 4.96. The maximum atomic E-state index is 14.6. The number of hydrogen-bond acceptors (Lipinski definition) is 6. The number of likely N-dealkylation sites (tertiary alicyclic amines) is 1. The van der Waals surface area contributed by atoms with Gasteiger partial charge in [0.15, 0.2) is 0 Å². The van der Waals surface area contributed by atoms with E-state index >= 15 is 0 Å². The number of para-hydroxylation sites is 1. The number of carbonyl (C=O) groups is 3. The second-order valence-corrected chi connectivity index (χ2v) is 13.0. The van der Waals surface area contributed by atoms with Gasteiger partial charge in [-0.2, -0.15) is 0 Å². The lowest BCUT2D eigenvalue weighted by Crippen LogP contribution is -2.53. The van der Waals surface area contributed by atoms with Crippen molar-refractivity contribution in [2.75, 3.05) is 54.0 Å². The summed E-state index contributed by atoms with van der Waals surface area (Å²) in [6, 6.07) is 16.9. The summed E-state index contributed by atoms with van der Waals surface area (Å²) in [6.45, 7) is 7.26. The number of aliphatic hydroxyl groups excluding tert-OH is 1. The maximum absolute atomic E-state index is 14.6. The number of anilines is 3. The van der Waals surface area contributed by atoms with E-state index < -0.39 is 22.6 Å². The van der Waals surface area contributed by atoms with E-state index in [0.29, 0.717) is 32.5 Å². The predicted octanol–water partition coefficient (Wildman–Crippen LogP) is 4.11. The number of nitrogens with zero attached hydrogens (tertiary/aromatic N) is 4. The number of thioether (sulfide) groups is 1. The molecule has 2 fully saturated rings. The molecule has 8 nitrogen and oxygen atoms in total. The highest BCUT2D eigenvalue weighted by Crippen LogP contribution is 2.61. The highest BCUT2D eigenvalue weighted by molar-refractivity contribution is 8.02. The lowest BCUT2D eigenvalue weighted by Gasteiger charge is -2.35. The van der Waals surface area contributed by atoms with Crippen molar-refractivity contribution < 1.29 is 19.5 Å². The molecule has 0 aliphatic carbocycles. The fourth-order valence-corrected chi connectivity index (χ4v) is 9.28. The Hall–Kier alpha value is -3.56. The molecule has 226 valence electrons. The number of aliphatic hydroxyl groups is 1. The van der Waals surface area contributed by atoms with Crippen LogP contribution in [0.3, 0.4) is 0 Å². The minimum atomic E-state index is -0.863. The molecule has 4 aliphatic rings. The van der Waals surface area contributed by atoms with E-state index in [-0.39, 0.29) is 29.6 Å². The van der Waals surface area contributed by atoms with Crippen molar-refractivity contribution in [2.24, 2.45) is 11.8 Å². The monoisotopic (exact) mass is 600 g/mol. The Bertz CT molecular complexity index is 1410. The van der Waals surface area contributed by atoms with Gasteiger partial charge in [0.05, 0.1) is 16.6 Å². The van der Waals surface area contributed by atoms with Crippen LogP contribution >= 0.6 is 11.8 Å². The molecule has 0 radical (unpaired) electrons. The van der Waals surface area contributed by atoms with Crippen LogP contribution in [0, 0.1) is 11.8 Å². The SMILES string of the molecule is CCN(CC)c1ccc(N2CC=C[C@]34S[C@H]5C=CCN(c6ccccc6)C(=O)[C@H]5[C@H]3C(=O)N(CCCCO)C4C2=O)cc1. The number of unbranched alkanes of at least 4 members (excludes halogenated alkanes) is 1. The Labute approximate surface area is 258 Å². The van der Waals surface area contributed by atoms with Gasteiger partial charge in [0.25, 0.3) is 5.91 Å². The lowest BCUT2D eigenvalue weighted by atomic mass is 9.78. The molecule has 9 heteroatoms. The van der Waals surface area contributed by atoms with Crippen molar-refractivity contribution in [3.05, 3.63) is 78.9 Å². The first kappa shape index (κ1) is 29.5. The van der Waals surface area contributed by atoms with Crippen LogP contribution in [0.1, 0.15) is 26.7 Å². The van der Waals surface area contributed by atoms with Gasteiger partial charge in [0, 0.05) is 61.6 Å². The largest absolute Gasteiger partial charge is 0.396 e. The average molecular weight is 601 g/mol. The lowest BCUT2D eigenvalue weighted by molar-refractivity contribution is -0.138. The molecule has 3 amide bonds. The van der Waals surface area contributed by atoms with E-state index in [0.717, 1.165) is 30.2 Å². The fraction of sp³-hybridized carbons (Fsp3) is 0.441. The second-order valence-electron chi connectivity index (χ2n) is 11.6. The molecule has 0 bridgehead atoms. The Morgan fingerprint density at radius 2 is 1.53 bits per heavy atom. The van der Waals surface area contributed by atoms with Crippen LogP contribution in [0.4, 0.5) is 17.1 Å². The van der Waals surface area contributed by atoms with Crippen LogP contribution in [-0.2, 0) is 14.4 Å². The summed E-state index contributed by atoms with van der Waals surface area (Å²) in [5, 5.41) is 9.27. The van der Waals surface area contributed by atoms with Gasteiger partial charge in [-0.25, -0.2) is 0 Å². The first-order valence-corrected chi connectivity index (χ1v) is 16.3. The zero-order chi connectivity index (χ0) is 30.1. The number of carbonyl (C=O) groups excluding carboxylic acids is 3. The third-order valence-corrected chi connectivity index (χ3v) is 11.1. The minimum absolute atomic E-state index is 0.0227. The molecular formula is C34H40N4O4S. The van der Waals surface area contributed by atoms with Gasteiger partial charge >= 0.3 is 0 Å². The molecule has 6 rings (SSSR count). The molecule has 2 aromatic carbocycles. The predicted molar refractivity (Wildman–Crippen MR) is 172 cm³/mol. The smallest absolute Gasteiger partial charge is 0.251 e. The summed E-state index contributed by atoms with van der Waals surface area (Å²) in [4.78, 5) is 50.9. The number of rotatable bonds is 9. The summed E-state index contributed by atoms with van der Waals surface area (Å²) in [7, 11) is 0. The van der Waals surface area contributed by atoms with E-state index in [1.165, 1.54) is 0 Å². The molecule has 1 unspecified atom stereocenters. The molecule has 43 heavy (non-hydrogen) atoms. The van der Waals surface area contributed by atoms with E-state index in [1.807, 2.05) is 66.7 Å². The molecule has 2 aromatic rings. The Kier molecular flexibility index (Phi) is 8.38. The van der Waals surface area contributed by atoms with Crippen molar-refractivity contribution in [1.29, 1.82) is 0 Å². The minimum Gasteiger partial charge on any atom is -0.396 e. The van der Waals surface area contributed by atoms with E-state index in [4.69, 9.17) is 0 Å². The van der Waals surface area contributed by atoms with Crippen molar-refractivity contribution in [3.63, 3.8) is 0 Å². The zero-order valence-electron chi connectivity index (χ0n) is 24.8. The molecule has 0 aromatic heterocycles. The molecule has 4 aliphatic heterocycles. The van der Waals surface area contributed by atoms with E-state index in [2.05, 4.69) is 30.9 Å². The summed E-state index contributed by atoms with van der Waals surface area (Å²) < 4.78 is -0.863. The fourth-order valence-electron chi connectivity index (χ4n) is 7.27. The van der Waals surface area contributed by atoms with Crippen LogP contribution in [0.25, 0.3) is 0 Å². The maximum Gasteiger partial charge on any atom is 0.251 e. The van der Waals surface area contributed by atoms with Crippen molar-refractivity contribution in [2.45, 2.75) is 42.7 Å². The van der Waals surface area contributed by atoms with E-state index in [1.54, 1.807) is 26.5 Å². The molecular weight excluding hydrogens is 560 g/mol. The Morgan fingerprint density at radius 1 is 0.860 bits per heavy atom. The number of benzene rings is 2. The van der Waals surface area contributed by atoms with Gasteiger partial charge in [0.2, 0.25) is 11.8 Å². The molecule has 1 spiro atoms. The van der Waals surface area contributed by atoms with Gasteiger partial charge < -0.3 is 24.7 Å². The molecule has 5 atom stereocenters. The second kappa shape index (κ2) is 12.2. The summed E-state index contributed by atoms with van der Waals surface area (Å²) in [6.07, 6.45) is 9.27. The van der Waals surface area contributed by atoms with Crippen molar-refractivity contribution in [1.82, 2.24) is 4.90 Å². The van der Waals surface area contributed by atoms with Crippen LogP contribution in [-0.4, -0.2) is 83.1 Å². The summed E-state index contributed by atoms with van der Waals surface area (Å²) >= 11 is 1.60. The van der Waals surface area contributed by atoms with Crippen LogP contribution < -0.4 is 14.7 Å². The Morgan fingerprint density at radius 3 is 2.23 bits per heavy atom. The highest BCUT2D eigenvalue weighted by atomic mass is 32.2. The summed E-state index contributed by atoms with van der Waals surface area (Å²) in [5.41, 5.74) is 2.69. The molecule has 4 heterocycles. The normalized spacial score (nSPS) is 28.1. The van der Waals surface area contributed by atoms with Crippen LogP contribution in [0.15, 0.2) is 78.9 Å². The van der Waals surface area contributed by atoms with Gasteiger partial charge in [-0.05, 0) is 63.1 Å². The van der Waals surface area contributed by atoms with Crippen molar-refractivity contribution >= 4 is 46.5 Å². The Balaban J connectivity index is 1.38. The molecule has 0 saturated carbocycles. The first-order chi connectivity index (χ1) is 20.9. The first-order valence-electron chi connectivity index (χ1n) is 15.4. The highest BCUT2D eigenvalue weighted by Gasteiger charge is 2.71. The third-order valence-electron chi connectivity index (χ3n) is 9.32. The average Bonchev–Trinajstić information content (AvgIpc) is 3.33. The number of fused-ring (bicyclic) bond motifs is 2. The summed E-state index contributed by atoms with van der Waals surface area (Å²) in [5.74, 6) is -1.58. The van der Waals surface area contributed by atoms with Gasteiger partial charge in [-0.3, -0.25) is 14.4 Å². The topological polar surface area (TPSA) is 84.4 Å². The van der Waals surface area contributed by atoms with Crippen molar-refractivity contribution in [3.8, 4) is 0 Å². The van der Waals surface area contributed by atoms with Crippen LogP contribution in [0.5, 0.6) is 0 Å². The van der Waals surface area contributed by atoms with Gasteiger partial charge in [-0.1, -0.05) is 42.5 Å². The van der Waals surface area contributed by atoms with Gasteiger partial charge in [0.1, 0.15) is 6.04 Å². The van der Waals surface area contributed by atoms with Gasteiger partial charge in [-0.15, -0.1) is 11.8 Å². The molecule has 2 saturated heterocycles. The standard InChI is InChI=1S/C34H40N4O4S/c1-3-35(4-2)24-15-17-26(18-16-24)37-22-11-19-34-29(32(41)38(20-8-9-23-39)30(34)33(37)42)28-27(43-34)14-10-21-36(31(28)40)25-12-6-5-7-13-25/h5-7,10-19,27-30,39H,3-4,8-9,20-23H2,1-2H3/t27-,28+,29-,30?,34-/m0/s1.